The molecular weight excluding hydrogens is 372 g/mol. The molecule has 0 aliphatic rings. The van der Waals surface area contributed by atoms with Gasteiger partial charge in [0.1, 0.15) is 5.75 Å². The fourth-order valence-corrected chi connectivity index (χ4v) is 3.70. The van der Waals surface area contributed by atoms with Crippen LogP contribution in [0.2, 0.25) is 0 Å². The third kappa shape index (κ3) is 3.15. The van der Waals surface area contributed by atoms with Crippen LogP contribution in [-0.4, -0.2) is 12.1 Å². The van der Waals surface area contributed by atoms with E-state index in [1.165, 1.54) is 0 Å². The summed E-state index contributed by atoms with van der Waals surface area (Å²) in [4.78, 5) is 15.6. The highest BCUT2D eigenvalue weighted by Gasteiger charge is 2.17. The molecule has 1 heterocycles. The van der Waals surface area contributed by atoms with Gasteiger partial charge in [0.15, 0.2) is 0 Å². The van der Waals surface area contributed by atoms with Gasteiger partial charge in [0, 0.05) is 22.4 Å². The van der Waals surface area contributed by atoms with Gasteiger partial charge in [-0.15, -0.1) is 12.4 Å². The minimum Gasteiger partial charge on any atom is -0.496 e. The Labute approximate surface area is 169 Å². The number of aryl methyl sites for hydroxylation is 1. The maximum absolute atomic E-state index is 12.6. The number of pyridine rings is 1. The van der Waals surface area contributed by atoms with Gasteiger partial charge >= 0.3 is 0 Å². The van der Waals surface area contributed by atoms with Crippen LogP contribution in [-0.2, 0) is 0 Å². The van der Waals surface area contributed by atoms with E-state index in [4.69, 9.17) is 10.5 Å². The Balaban J connectivity index is 0.00000225. The summed E-state index contributed by atoms with van der Waals surface area (Å²) in [6.07, 6.45) is 0. The summed E-state index contributed by atoms with van der Waals surface area (Å²) in [5.41, 5.74) is 10.8. The zero-order valence-corrected chi connectivity index (χ0v) is 16.9. The molecule has 4 rings (SSSR count). The van der Waals surface area contributed by atoms with Gasteiger partial charge in [-0.1, -0.05) is 42.5 Å². The average molecular weight is 395 g/mol. The van der Waals surface area contributed by atoms with E-state index in [0.717, 1.165) is 44.3 Å². The number of nitrogens with two attached hydrogens (primary N) is 1. The lowest BCUT2D eigenvalue weighted by Gasteiger charge is -2.17. The van der Waals surface area contributed by atoms with Crippen molar-refractivity contribution in [2.45, 2.75) is 19.9 Å². The van der Waals surface area contributed by atoms with Crippen molar-refractivity contribution in [2.24, 2.45) is 5.73 Å². The number of aromatic nitrogens is 1. The molecule has 0 spiro atoms. The molecule has 0 bridgehead atoms. The first-order valence-corrected chi connectivity index (χ1v) is 8.99. The lowest BCUT2D eigenvalue weighted by molar-refractivity contribution is 0.416. The van der Waals surface area contributed by atoms with Gasteiger partial charge in [0.05, 0.1) is 12.6 Å². The minimum absolute atomic E-state index is 0. The number of methoxy groups -OCH3 is 1. The van der Waals surface area contributed by atoms with Gasteiger partial charge < -0.3 is 15.5 Å². The molecule has 1 aromatic heterocycles. The molecule has 0 unspecified atom stereocenters. The Bertz CT molecular complexity index is 1210. The summed E-state index contributed by atoms with van der Waals surface area (Å²) in [7, 11) is 1.67. The zero-order valence-electron chi connectivity index (χ0n) is 16.1. The predicted octanol–water partition coefficient (Wildman–Crippen LogP) is 5.11. The molecular formula is C23H23ClN2O2. The number of ether oxygens (including phenoxy) is 1. The Hall–Kier alpha value is -2.82. The first-order valence-electron chi connectivity index (χ1n) is 8.99. The molecule has 144 valence electrons. The number of hydrogen-bond donors (Lipinski definition) is 2. The molecule has 28 heavy (non-hydrogen) atoms. The molecule has 0 aliphatic heterocycles. The number of hydrogen-bond acceptors (Lipinski definition) is 3. The third-order valence-corrected chi connectivity index (χ3v) is 5.11. The summed E-state index contributed by atoms with van der Waals surface area (Å²) in [5, 5.41) is 2.59. The van der Waals surface area contributed by atoms with E-state index in [2.05, 4.69) is 17.1 Å². The topological polar surface area (TPSA) is 68.1 Å². The molecule has 0 aliphatic carbocycles. The molecule has 1 atom stereocenters. The van der Waals surface area contributed by atoms with Gasteiger partial charge in [-0.05, 0) is 48.1 Å². The molecule has 3 aromatic carbocycles. The number of halogens is 1. The fraction of sp³-hybridized carbons (Fsp3) is 0.174. The summed E-state index contributed by atoms with van der Waals surface area (Å²) >= 11 is 0. The second kappa shape index (κ2) is 7.66. The van der Waals surface area contributed by atoms with Crippen LogP contribution in [0.1, 0.15) is 24.1 Å². The van der Waals surface area contributed by atoms with Crippen molar-refractivity contribution in [3.05, 3.63) is 76.1 Å². The van der Waals surface area contributed by atoms with Crippen molar-refractivity contribution >= 4 is 34.1 Å². The summed E-state index contributed by atoms with van der Waals surface area (Å²) < 4.78 is 5.73. The van der Waals surface area contributed by atoms with E-state index in [0.29, 0.717) is 5.39 Å². The Morgan fingerprint density at radius 1 is 1.04 bits per heavy atom. The van der Waals surface area contributed by atoms with Crippen molar-refractivity contribution in [2.75, 3.05) is 7.11 Å². The quantitative estimate of drug-likeness (QED) is 0.474. The third-order valence-electron chi connectivity index (χ3n) is 5.11. The summed E-state index contributed by atoms with van der Waals surface area (Å²) in [6.45, 7) is 3.95. The molecule has 0 amide bonds. The molecule has 0 radical (unpaired) electrons. The zero-order chi connectivity index (χ0) is 19.1. The van der Waals surface area contributed by atoms with E-state index < -0.39 is 0 Å². The van der Waals surface area contributed by atoms with Crippen LogP contribution >= 0.6 is 12.4 Å². The van der Waals surface area contributed by atoms with Crippen molar-refractivity contribution in [3.8, 4) is 16.9 Å². The first kappa shape index (κ1) is 19.9. The largest absolute Gasteiger partial charge is 0.496 e. The van der Waals surface area contributed by atoms with Gasteiger partial charge in [-0.25, -0.2) is 0 Å². The van der Waals surface area contributed by atoms with Crippen LogP contribution in [0.25, 0.3) is 32.8 Å². The number of nitrogens with one attached hydrogen (secondary N) is 1. The highest BCUT2D eigenvalue weighted by atomic mass is 35.5. The Morgan fingerprint density at radius 2 is 1.68 bits per heavy atom. The van der Waals surface area contributed by atoms with Gasteiger partial charge in [-0.2, -0.15) is 0 Å². The highest BCUT2D eigenvalue weighted by Crippen LogP contribution is 2.41. The molecule has 5 heteroatoms. The number of fused-ring (bicyclic) bond motifs is 3. The molecule has 0 saturated carbocycles. The number of rotatable bonds is 3. The van der Waals surface area contributed by atoms with Crippen molar-refractivity contribution in [1.29, 1.82) is 0 Å². The lowest BCUT2D eigenvalue weighted by atomic mass is 9.92. The van der Waals surface area contributed by atoms with E-state index >= 15 is 0 Å². The van der Waals surface area contributed by atoms with Crippen molar-refractivity contribution < 1.29 is 4.74 Å². The highest BCUT2D eigenvalue weighted by molar-refractivity contribution is 6.14. The van der Waals surface area contributed by atoms with Crippen LogP contribution in [0.15, 0.2) is 59.4 Å². The second-order valence-electron chi connectivity index (χ2n) is 6.93. The maximum Gasteiger partial charge on any atom is 0.256 e. The second-order valence-corrected chi connectivity index (χ2v) is 6.93. The van der Waals surface area contributed by atoms with Crippen LogP contribution < -0.4 is 16.0 Å². The molecule has 0 fully saturated rings. The van der Waals surface area contributed by atoms with Gasteiger partial charge in [0.25, 0.3) is 5.56 Å². The normalized spacial score (nSPS) is 12.0. The maximum atomic E-state index is 12.6. The van der Waals surface area contributed by atoms with E-state index in [9.17, 15) is 4.79 Å². The number of H-pyrrole nitrogens is 1. The van der Waals surface area contributed by atoms with Gasteiger partial charge in [-0.3, -0.25) is 4.79 Å². The standard InChI is InChI=1S/C23H22N2O2.ClH/c1-13-12-19(27-3)20(16-10-8-15(9-11-16)14(2)24)21-17-6-4-5-7-18(17)23(26)25-22(13)21;/h4-12,14H,24H2,1-3H3,(H,25,26);1H/t14-;/m1./s1. The first-order chi connectivity index (χ1) is 13.0. The van der Waals surface area contributed by atoms with Crippen LogP contribution in [0.5, 0.6) is 5.75 Å². The number of aromatic amines is 1. The fourth-order valence-electron chi connectivity index (χ4n) is 3.70. The molecule has 4 aromatic rings. The smallest absolute Gasteiger partial charge is 0.256 e. The van der Waals surface area contributed by atoms with Gasteiger partial charge in [0.2, 0.25) is 0 Å². The van der Waals surface area contributed by atoms with Crippen LogP contribution in [0.3, 0.4) is 0 Å². The Morgan fingerprint density at radius 3 is 2.29 bits per heavy atom. The van der Waals surface area contributed by atoms with E-state index in [1.807, 2.05) is 56.3 Å². The summed E-state index contributed by atoms with van der Waals surface area (Å²) in [5.74, 6) is 0.783. The minimum atomic E-state index is -0.0791. The Kier molecular flexibility index (Phi) is 5.45. The van der Waals surface area contributed by atoms with Crippen LogP contribution in [0, 0.1) is 6.92 Å². The van der Waals surface area contributed by atoms with E-state index in [-0.39, 0.29) is 24.0 Å². The molecule has 0 saturated heterocycles. The predicted molar refractivity (Wildman–Crippen MR) is 119 cm³/mol. The van der Waals surface area contributed by atoms with E-state index in [1.54, 1.807) is 7.11 Å². The molecule has 3 N–H and O–H groups in total. The monoisotopic (exact) mass is 394 g/mol. The van der Waals surface area contributed by atoms with Crippen molar-refractivity contribution in [1.82, 2.24) is 4.98 Å². The lowest BCUT2D eigenvalue weighted by Crippen LogP contribution is -2.08. The molecule has 4 nitrogen and oxygen atoms in total. The SMILES string of the molecule is COc1cc(C)c2[nH]c(=O)c3ccccc3c2c1-c1ccc([C@@H](C)N)cc1.Cl. The van der Waals surface area contributed by atoms with Crippen LogP contribution in [0.4, 0.5) is 0 Å². The number of benzene rings is 3. The average Bonchev–Trinajstić information content (AvgIpc) is 2.68. The van der Waals surface area contributed by atoms with Crippen molar-refractivity contribution in [3.63, 3.8) is 0 Å². The summed E-state index contributed by atoms with van der Waals surface area (Å²) in [6, 6.07) is 17.8.